The van der Waals surface area contributed by atoms with Gasteiger partial charge in [0, 0.05) is 17.6 Å². The van der Waals surface area contributed by atoms with Crippen LogP contribution < -0.4 is 9.62 Å². The van der Waals surface area contributed by atoms with E-state index in [1.54, 1.807) is 24.3 Å². The van der Waals surface area contributed by atoms with Crippen LogP contribution in [0.15, 0.2) is 59.1 Å². The largest absolute Gasteiger partial charge is 0.354 e. The van der Waals surface area contributed by atoms with Crippen LogP contribution >= 0.6 is 15.9 Å². The maximum Gasteiger partial charge on any atom is 0.244 e. The molecule has 0 spiro atoms. The number of benzene rings is 2. The van der Waals surface area contributed by atoms with Crippen molar-refractivity contribution in [3.8, 4) is 0 Å². The molecule has 0 saturated carbocycles. The molecule has 180 valence electrons. The van der Waals surface area contributed by atoms with Crippen molar-refractivity contribution in [2.24, 2.45) is 5.92 Å². The van der Waals surface area contributed by atoms with E-state index in [1.807, 2.05) is 51.1 Å². The lowest BCUT2D eigenvalue weighted by molar-refractivity contribution is -0.140. The number of nitrogens with one attached hydrogen (secondary N) is 1. The summed E-state index contributed by atoms with van der Waals surface area (Å²) < 4.78 is 26.9. The molecule has 0 aliphatic heterocycles. The molecular weight excluding hydrogens is 506 g/mol. The molecule has 9 heteroatoms. The van der Waals surface area contributed by atoms with Crippen LogP contribution in [0.25, 0.3) is 0 Å². The van der Waals surface area contributed by atoms with Gasteiger partial charge in [-0.15, -0.1) is 0 Å². The van der Waals surface area contributed by atoms with Gasteiger partial charge in [0.2, 0.25) is 21.8 Å². The Morgan fingerprint density at radius 3 is 2.27 bits per heavy atom. The Hall–Kier alpha value is -2.39. The van der Waals surface area contributed by atoms with Crippen molar-refractivity contribution in [3.05, 3.63) is 64.6 Å². The van der Waals surface area contributed by atoms with Gasteiger partial charge in [0.05, 0.1) is 11.9 Å². The van der Waals surface area contributed by atoms with Crippen molar-refractivity contribution in [1.29, 1.82) is 0 Å². The second kappa shape index (κ2) is 12.2. The lowest BCUT2D eigenvalue weighted by atomic mass is 10.1. The molecule has 0 fully saturated rings. The Bertz CT molecular complexity index is 1040. The summed E-state index contributed by atoms with van der Waals surface area (Å²) >= 11 is 3.35. The molecule has 2 aromatic carbocycles. The van der Waals surface area contributed by atoms with Crippen LogP contribution in [0.1, 0.15) is 32.8 Å². The van der Waals surface area contributed by atoms with Gasteiger partial charge in [-0.1, -0.05) is 73.1 Å². The summed E-state index contributed by atoms with van der Waals surface area (Å²) in [4.78, 5) is 28.0. The molecule has 0 radical (unpaired) electrons. The second-order valence-electron chi connectivity index (χ2n) is 8.32. The highest BCUT2D eigenvalue weighted by Crippen LogP contribution is 2.23. The Balaban J connectivity index is 2.39. The normalized spacial score (nSPS) is 12.3. The second-order valence-corrected chi connectivity index (χ2v) is 11.1. The van der Waals surface area contributed by atoms with Crippen LogP contribution in [-0.2, 0) is 26.2 Å². The van der Waals surface area contributed by atoms with E-state index in [-0.39, 0.29) is 18.4 Å². The van der Waals surface area contributed by atoms with E-state index >= 15 is 0 Å². The first kappa shape index (κ1) is 26.9. The summed E-state index contributed by atoms with van der Waals surface area (Å²) in [6.07, 6.45) is 1.47. The third-order valence-corrected chi connectivity index (χ3v) is 6.68. The molecule has 0 aromatic heterocycles. The quantitative estimate of drug-likeness (QED) is 0.472. The average Bonchev–Trinajstić information content (AvgIpc) is 2.75. The van der Waals surface area contributed by atoms with E-state index in [0.717, 1.165) is 16.1 Å². The molecule has 0 heterocycles. The van der Waals surface area contributed by atoms with Gasteiger partial charge in [0.1, 0.15) is 12.6 Å². The Kier molecular flexibility index (Phi) is 9.91. The maximum absolute atomic E-state index is 13.5. The van der Waals surface area contributed by atoms with Gasteiger partial charge in [-0.2, -0.15) is 0 Å². The van der Waals surface area contributed by atoms with Crippen LogP contribution in [0.4, 0.5) is 5.69 Å². The minimum atomic E-state index is -3.75. The van der Waals surface area contributed by atoms with E-state index in [1.165, 1.54) is 4.90 Å². The SMILES string of the molecule is CCC(C(=O)NCC(C)C)N(Cc1ccccc1)C(=O)CN(c1cccc(Br)c1)S(C)(=O)=O. The molecule has 1 atom stereocenters. The standard InChI is InChI=1S/C24H32BrN3O4S/c1-5-22(24(30)26-15-18(2)3)27(16-19-10-7-6-8-11-19)23(29)17-28(33(4,31)32)21-13-9-12-20(25)14-21/h6-14,18,22H,5,15-17H2,1-4H3,(H,26,30). The van der Waals surface area contributed by atoms with Gasteiger partial charge >= 0.3 is 0 Å². The number of hydrogen-bond acceptors (Lipinski definition) is 4. The minimum absolute atomic E-state index is 0.198. The summed E-state index contributed by atoms with van der Waals surface area (Å²) in [7, 11) is -3.75. The number of anilines is 1. The minimum Gasteiger partial charge on any atom is -0.354 e. The lowest BCUT2D eigenvalue weighted by Gasteiger charge is -2.33. The van der Waals surface area contributed by atoms with E-state index < -0.39 is 28.5 Å². The number of sulfonamides is 1. The number of hydrogen-bond donors (Lipinski definition) is 1. The third kappa shape index (κ3) is 8.16. The predicted molar refractivity (Wildman–Crippen MR) is 135 cm³/mol. The Morgan fingerprint density at radius 1 is 1.06 bits per heavy atom. The molecule has 2 amide bonds. The number of carbonyl (C=O) groups is 2. The number of nitrogens with zero attached hydrogens (tertiary/aromatic N) is 2. The zero-order valence-electron chi connectivity index (χ0n) is 19.5. The van der Waals surface area contributed by atoms with Crippen LogP contribution in [0.3, 0.4) is 0 Å². The van der Waals surface area contributed by atoms with Crippen LogP contribution in [0.5, 0.6) is 0 Å². The van der Waals surface area contributed by atoms with Gasteiger partial charge in [0.15, 0.2) is 0 Å². The average molecular weight is 539 g/mol. The summed E-state index contributed by atoms with van der Waals surface area (Å²) in [5, 5.41) is 2.91. The summed E-state index contributed by atoms with van der Waals surface area (Å²) in [5.41, 5.74) is 1.23. The monoisotopic (exact) mass is 537 g/mol. The van der Waals surface area contributed by atoms with E-state index in [2.05, 4.69) is 21.2 Å². The zero-order valence-corrected chi connectivity index (χ0v) is 21.9. The van der Waals surface area contributed by atoms with Gasteiger partial charge < -0.3 is 10.2 Å². The predicted octanol–water partition coefficient (Wildman–Crippen LogP) is 3.79. The Labute approximate surface area is 205 Å². The first-order chi connectivity index (χ1) is 15.5. The van der Waals surface area contributed by atoms with Crippen molar-refractivity contribution in [3.63, 3.8) is 0 Å². The fraction of sp³-hybridized carbons (Fsp3) is 0.417. The number of halogens is 1. The highest BCUT2D eigenvalue weighted by molar-refractivity contribution is 9.10. The molecule has 0 bridgehead atoms. The fourth-order valence-electron chi connectivity index (χ4n) is 3.37. The van der Waals surface area contributed by atoms with Gasteiger partial charge in [0.25, 0.3) is 0 Å². The molecule has 0 saturated heterocycles. The smallest absolute Gasteiger partial charge is 0.244 e. The first-order valence-electron chi connectivity index (χ1n) is 10.9. The summed E-state index contributed by atoms with van der Waals surface area (Å²) in [6, 6.07) is 15.4. The molecule has 7 nitrogen and oxygen atoms in total. The van der Waals surface area contributed by atoms with Crippen LogP contribution in [-0.4, -0.2) is 50.5 Å². The van der Waals surface area contributed by atoms with E-state index in [0.29, 0.717) is 23.1 Å². The molecule has 0 aliphatic rings. The zero-order chi connectivity index (χ0) is 24.6. The topological polar surface area (TPSA) is 86.8 Å². The van der Waals surface area contributed by atoms with Crippen molar-refractivity contribution >= 4 is 43.5 Å². The molecule has 2 rings (SSSR count). The van der Waals surface area contributed by atoms with E-state index in [9.17, 15) is 18.0 Å². The molecule has 0 aliphatic carbocycles. The third-order valence-electron chi connectivity index (χ3n) is 5.04. The van der Waals surface area contributed by atoms with Gasteiger partial charge in [-0.05, 0) is 36.1 Å². The lowest BCUT2D eigenvalue weighted by Crippen LogP contribution is -2.52. The van der Waals surface area contributed by atoms with Crippen molar-refractivity contribution in [1.82, 2.24) is 10.2 Å². The Morgan fingerprint density at radius 2 is 1.73 bits per heavy atom. The van der Waals surface area contributed by atoms with Crippen molar-refractivity contribution < 1.29 is 18.0 Å². The number of carbonyl (C=O) groups excluding carboxylic acids is 2. The van der Waals surface area contributed by atoms with Gasteiger partial charge in [-0.3, -0.25) is 13.9 Å². The fourth-order valence-corrected chi connectivity index (χ4v) is 4.60. The number of amides is 2. The molecular formula is C24H32BrN3O4S. The summed E-state index contributed by atoms with van der Waals surface area (Å²) in [5.74, 6) is -0.429. The summed E-state index contributed by atoms with van der Waals surface area (Å²) in [6.45, 7) is 6.12. The van der Waals surface area contributed by atoms with Crippen molar-refractivity contribution in [2.75, 3.05) is 23.7 Å². The highest BCUT2D eigenvalue weighted by Gasteiger charge is 2.31. The molecule has 2 aromatic rings. The van der Waals surface area contributed by atoms with E-state index in [4.69, 9.17) is 0 Å². The number of rotatable bonds is 11. The molecule has 33 heavy (non-hydrogen) atoms. The molecule has 1 unspecified atom stereocenters. The maximum atomic E-state index is 13.5. The van der Waals surface area contributed by atoms with Crippen LogP contribution in [0.2, 0.25) is 0 Å². The molecule has 1 N–H and O–H groups in total. The van der Waals surface area contributed by atoms with Crippen molar-refractivity contribution in [2.45, 2.75) is 39.8 Å². The highest BCUT2D eigenvalue weighted by atomic mass is 79.9. The van der Waals surface area contributed by atoms with Crippen LogP contribution in [0, 0.1) is 5.92 Å². The first-order valence-corrected chi connectivity index (χ1v) is 13.5. The van der Waals surface area contributed by atoms with Gasteiger partial charge in [-0.25, -0.2) is 8.42 Å².